The molecule has 0 aliphatic heterocycles. The van der Waals surface area contributed by atoms with Crippen LogP contribution >= 0.6 is 15.9 Å². The average molecular weight is 279 g/mol. The predicted molar refractivity (Wildman–Crippen MR) is 71.0 cm³/mol. The summed E-state index contributed by atoms with van der Waals surface area (Å²) in [7, 11) is 0. The van der Waals surface area contributed by atoms with Gasteiger partial charge in [0, 0.05) is 11.2 Å². The number of halogens is 1. The van der Waals surface area contributed by atoms with Gasteiger partial charge in [-0.05, 0) is 25.5 Å². The van der Waals surface area contributed by atoms with Crippen molar-refractivity contribution in [3.63, 3.8) is 0 Å². The third-order valence-electron chi connectivity index (χ3n) is 2.70. The summed E-state index contributed by atoms with van der Waals surface area (Å²) < 4.78 is 0. The molecule has 0 fully saturated rings. The summed E-state index contributed by atoms with van der Waals surface area (Å²) in [6, 6.07) is 8.02. The molecule has 1 unspecified atom stereocenters. The Bertz CT molecular complexity index is 496. The zero-order valence-corrected chi connectivity index (χ0v) is 11.2. The molecule has 1 atom stereocenters. The number of para-hydroxylation sites is 2. The summed E-state index contributed by atoms with van der Waals surface area (Å²) >= 11 is 3.64. The van der Waals surface area contributed by atoms with E-state index in [1.54, 1.807) is 0 Å². The Morgan fingerprint density at radius 3 is 2.44 bits per heavy atom. The fourth-order valence-electron chi connectivity index (χ4n) is 1.67. The van der Waals surface area contributed by atoms with Gasteiger partial charge in [0.25, 0.3) is 0 Å². The van der Waals surface area contributed by atoms with Gasteiger partial charge < -0.3 is 0 Å². The van der Waals surface area contributed by atoms with Crippen LogP contribution in [-0.2, 0) is 6.42 Å². The molecular weight excluding hydrogens is 264 g/mol. The third-order valence-corrected chi connectivity index (χ3v) is 3.67. The smallest absolute Gasteiger partial charge is 0.0890 e. The first-order chi connectivity index (χ1) is 7.70. The summed E-state index contributed by atoms with van der Waals surface area (Å²) in [5.74, 6) is 0. The van der Waals surface area contributed by atoms with Crippen molar-refractivity contribution in [2.45, 2.75) is 31.5 Å². The van der Waals surface area contributed by atoms with Crippen molar-refractivity contribution in [3.05, 3.63) is 35.7 Å². The molecule has 2 aromatic rings. The highest BCUT2D eigenvalue weighted by molar-refractivity contribution is 9.09. The van der Waals surface area contributed by atoms with E-state index >= 15 is 0 Å². The van der Waals surface area contributed by atoms with Gasteiger partial charge in [0.05, 0.1) is 22.4 Å². The molecule has 3 heteroatoms. The maximum Gasteiger partial charge on any atom is 0.0890 e. The van der Waals surface area contributed by atoms with Crippen molar-refractivity contribution in [1.29, 1.82) is 0 Å². The molecule has 0 N–H and O–H groups in total. The second kappa shape index (κ2) is 4.91. The lowest BCUT2D eigenvalue weighted by Gasteiger charge is -2.09. The van der Waals surface area contributed by atoms with Crippen LogP contribution in [0, 0.1) is 6.92 Å². The first kappa shape index (κ1) is 11.5. The first-order valence-electron chi connectivity index (χ1n) is 5.57. The van der Waals surface area contributed by atoms with Crippen LogP contribution in [0.1, 0.15) is 24.7 Å². The van der Waals surface area contributed by atoms with E-state index in [1.807, 2.05) is 31.2 Å². The molecule has 1 heterocycles. The van der Waals surface area contributed by atoms with E-state index in [0.29, 0.717) is 4.83 Å². The van der Waals surface area contributed by atoms with Crippen LogP contribution in [0.3, 0.4) is 0 Å². The topological polar surface area (TPSA) is 25.8 Å². The summed E-state index contributed by atoms with van der Waals surface area (Å²) in [5, 5.41) is 0. The number of hydrogen-bond acceptors (Lipinski definition) is 2. The largest absolute Gasteiger partial charge is 0.250 e. The van der Waals surface area contributed by atoms with E-state index in [4.69, 9.17) is 0 Å². The summed E-state index contributed by atoms with van der Waals surface area (Å²) in [6.07, 6.45) is 2.05. The molecule has 1 aromatic carbocycles. The molecule has 0 saturated heterocycles. The molecule has 1 aromatic heterocycles. The molecular formula is C13H15BrN2. The minimum atomic E-state index is 0.488. The van der Waals surface area contributed by atoms with Crippen molar-refractivity contribution in [2.24, 2.45) is 0 Å². The number of hydrogen-bond donors (Lipinski definition) is 0. The Morgan fingerprint density at radius 1 is 1.19 bits per heavy atom. The van der Waals surface area contributed by atoms with Crippen molar-refractivity contribution in [1.82, 2.24) is 9.97 Å². The van der Waals surface area contributed by atoms with Crippen LogP contribution in [0.5, 0.6) is 0 Å². The highest BCUT2D eigenvalue weighted by Crippen LogP contribution is 2.17. The molecule has 2 rings (SSSR count). The van der Waals surface area contributed by atoms with E-state index in [2.05, 4.69) is 32.8 Å². The Morgan fingerprint density at radius 2 is 1.81 bits per heavy atom. The minimum Gasteiger partial charge on any atom is -0.250 e. The van der Waals surface area contributed by atoms with E-state index in [0.717, 1.165) is 35.3 Å². The Hall–Kier alpha value is -0.960. The highest BCUT2D eigenvalue weighted by Gasteiger charge is 2.09. The second-order valence-electron chi connectivity index (χ2n) is 3.95. The van der Waals surface area contributed by atoms with Crippen molar-refractivity contribution in [3.8, 4) is 0 Å². The zero-order chi connectivity index (χ0) is 11.5. The molecule has 16 heavy (non-hydrogen) atoms. The van der Waals surface area contributed by atoms with Gasteiger partial charge in [-0.15, -0.1) is 0 Å². The molecule has 0 aliphatic rings. The summed E-state index contributed by atoms with van der Waals surface area (Å²) in [6.45, 7) is 4.20. The van der Waals surface area contributed by atoms with E-state index in [-0.39, 0.29) is 0 Å². The Labute approximate surface area is 104 Å². The van der Waals surface area contributed by atoms with Crippen molar-refractivity contribution in [2.75, 3.05) is 0 Å². The lowest BCUT2D eigenvalue weighted by Crippen LogP contribution is -2.06. The fraction of sp³-hybridized carbons (Fsp3) is 0.385. The Balaban J connectivity index is 2.42. The number of aromatic nitrogens is 2. The number of fused-ring (bicyclic) bond motifs is 1. The van der Waals surface area contributed by atoms with Gasteiger partial charge >= 0.3 is 0 Å². The molecule has 0 spiro atoms. The van der Waals surface area contributed by atoms with Gasteiger partial charge in [0.2, 0.25) is 0 Å². The molecule has 2 nitrogen and oxygen atoms in total. The monoisotopic (exact) mass is 278 g/mol. The number of rotatable bonds is 3. The lowest BCUT2D eigenvalue weighted by molar-refractivity contribution is 0.800. The molecule has 0 saturated carbocycles. The number of benzene rings is 1. The van der Waals surface area contributed by atoms with Gasteiger partial charge in [-0.25, -0.2) is 9.97 Å². The maximum absolute atomic E-state index is 4.67. The van der Waals surface area contributed by atoms with Crippen LogP contribution in [-0.4, -0.2) is 14.8 Å². The Kier molecular flexibility index (Phi) is 3.54. The lowest BCUT2D eigenvalue weighted by atomic mass is 10.1. The number of nitrogens with zero attached hydrogens (tertiary/aromatic N) is 2. The number of alkyl halides is 1. The molecule has 0 radical (unpaired) electrons. The summed E-state index contributed by atoms with van der Waals surface area (Å²) in [5.41, 5.74) is 4.10. The highest BCUT2D eigenvalue weighted by atomic mass is 79.9. The molecule has 84 valence electrons. The standard InChI is InChI=1S/C13H15BrN2/c1-3-10(14)8-13-9(2)15-11-6-4-5-7-12(11)16-13/h4-7,10H,3,8H2,1-2H3. The summed E-state index contributed by atoms with van der Waals surface area (Å²) in [4.78, 5) is 9.74. The van der Waals surface area contributed by atoms with E-state index in [1.165, 1.54) is 0 Å². The van der Waals surface area contributed by atoms with Crippen LogP contribution in [0.2, 0.25) is 0 Å². The van der Waals surface area contributed by atoms with E-state index in [9.17, 15) is 0 Å². The van der Waals surface area contributed by atoms with Crippen LogP contribution in [0.15, 0.2) is 24.3 Å². The first-order valence-corrected chi connectivity index (χ1v) is 6.48. The number of aryl methyl sites for hydroxylation is 1. The SMILES string of the molecule is CCC(Br)Cc1nc2ccccc2nc1C. The third kappa shape index (κ3) is 2.40. The van der Waals surface area contributed by atoms with Crippen molar-refractivity contribution < 1.29 is 0 Å². The van der Waals surface area contributed by atoms with Gasteiger partial charge in [-0.3, -0.25) is 0 Å². The van der Waals surface area contributed by atoms with E-state index < -0.39 is 0 Å². The van der Waals surface area contributed by atoms with Gasteiger partial charge in [-0.2, -0.15) is 0 Å². The minimum absolute atomic E-state index is 0.488. The molecule has 0 bridgehead atoms. The quantitative estimate of drug-likeness (QED) is 0.801. The normalized spacial score (nSPS) is 12.9. The van der Waals surface area contributed by atoms with Gasteiger partial charge in [0.15, 0.2) is 0 Å². The molecule has 0 aliphatic carbocycles. The second-order valence-corrected chi connectivity index (χ2v) is 5.25. The van der Waals surface area contributed by atoms with Gasteiger partial charge in [0.1, 0.15) is 0 Å². The maximum atomic E-state index is 4.67. The zero-order valence-electron chi connectivity index (χ0n) is 9.57. The van der Waals surface area contributed by atoms with Gasteiger partial charge in [-0.1, -0.05) is 35.0 Å². The van der Waals surface area contributed by atoms with Crippen LogP contribution in [0.4, 0.5) is 0 Å². The van der Waals surface area contributed by atoms with Crippen molar-refractivity contribution >= 4 is 27.0 Å². The predicted octanol–water partition coefficient (Wildman–Crippen LogP) is 3.65. The van der Waals surface area contributed by atoms with Crippen LogP contribution in [0.25, 0.3) is 11.0 Å². The van der Waals surface area contributed by atoms with Crippen LogP contribution < -0.4 is 0 Å². The fourth-order valence-corrected chi connectivity index (χ4v) is 1.98. The average Bonchev–Trinajstić information content (AvgIpc) is 2.30. The molecule has 0 amide bonds.